The van der Waals surface area contributed by atoms with Gasteiger partial charge in [0.2, 0.25) is 0 Å². The van der Waals surface area contributed by atoms with Crippen LogP contribution >= 0.6 is 0 Å². The van der Waals surface area contributed by atoms with Crippen LogP contribution in [0.4, 0.5) is 5.69 Å². The van der Waals surface area contributed by atoms with E-state index in [9.17, 15) is 9.90 Å². The van der Waals surface area contributed by atoms with Gasteiger partial charge in [-0.1, -0.05) is 31.2 Å². The third kappa shape index (κ3) is 4.01. The molecule has 2 aromatic carbocycles. The standard InChI is InChI=1S/C18H22N2O2/c1-3-14-9-10-17(21)16(13-14)18(22)19-11-12-20(2)15-7-5-4-6-8-15/h4-10,13,21H,3,11-12H2,1-2H3,(H,19,22). The van der Waals surface area contributed by atoms with Gasteiger partial charge in [0.25, 0.3) is 5.91 Å². The number of rotatable bonds is 6. The van der Waals surface area contributed by atoms with Crippen molar-refractivity contribution < 1.29 is 9.90 Å². The van der Waals surface area contributed by atoms with E-state index >= 15 is 0 Å². The molecule has 2 N–H and O–H groups in total. The second-order valence-electron chi connectivity index (χ2n) is 5.22. The molecule has 1 amide bonds. The molecule has 22 heavy (non-hydrogen) atoms. The van der Waals surface area contributed by atoms with Gasteiger partial charge in [-0.25, -0.2) is 0 Å². The van der Waals surface area contributed by atoms with Gasteiger partial charge < -0.3 is 15.3 Å². The topological polar surface area (TPSA) is 52.6 Å². The van der Waals surface area contributed by atoms with Crippen LogP contribution in [0.2, 0.25) is 0 Å². The minimum atomic E-state index is -0.241. The van der Waals surface area contributed by atoms with Gasteiger partial charge in [0.1, 0.15) is 5.75 Å². The first-order chi connectivity index (χ1) is 10.6. The van der Waals surface area contributed by atoms with E-state index < -0.39 is 0 Å². The SMILES string of the molecule is CCc1ccc(O)c(C(=O)NCCN(C)c2ccccc2)c1. The van der Waals surface area contributed by atoms with Crippen molar-refractivity contribution >= 4 is 11.6 Å². The van der Waals surface area contributed by atoms with Crippen LogP contribution in [0.3, 0.4) is 0 Å². The van der Waals surface area contributed by atoms with Gasteiger partial charge in [0, 0.05) is 25.8 Å². The number of anilines is 1. The maximum absolute atomic E-state index is 12.2. The molecule has 0 aromatic heterocycles. The summed E-state index contributed by atoms with van der Waals surface area (Å²) in [4.78, 5) is 14.2. The molecule has 0 aliphatic heterocycles. The lowest BCUT2D eigenvalue weighted by atomic mass is 10.1. The number of amides is 1. The Morgan fingerprint density at radius 2 is 1.91 bits per heavy atom. The summed E-state index contributed by atoms with van der Waals surface area (Å²) in [6.07, 6.45) is 0.831. The predicted molar refractivity (Wildman–Crippen MR) is 89.5 cm³/mol. The summed E-state index contributed by atoms with van der Waals surface area (Å²) < 4.78 is 0. The van der Waals surface area contributed by atoms with Gasteiger partial charge in [0.05, 0.1) is 5.56 Å². The molecule has 4 heteroatoms. The number of phenols is 1. The number of carbonyl (C=O) groups is 1. The number of nitrogens with one attached hydrogen (secondary N) is 1. The molecule has 0 fully saturated rings. The lowest BCUT2D eigenvalue weighted by molar-refractivity contribution is 0.0952. The summed E-state index contributed by atoms with van der Waals surface area (Å²) in [6.45, 7) is 3.23. The molecular weight excluding hydrogens is 276 g/mol. The first-order valence-corrected chi connectivity index (χ1v) is 7.48. The number of benzene rings is 2. The molecule has 0 bridgehead atoms. The molecule has 0 aliphatic carbocycles. The van der Waals surface area contributed by atoms with Crippen LogP contribution in [-0.4, -0.2) is 31.2 Å². The molecule has 2 aromatic rings. The van der Waals surface area contributed by atoms with Crippen LogP contribution in [0.15, 0.2) is 48.5 Å². The van der Waals surface area contributed by atoms with Gasteiger partial charge in [-0.3, -0.25) is 4.79 Å². The molecule has 0 atom stereocenters. The van der Waals surface area contributed by atoms with E-state index in [2.05, 4.69) is 10.2 Å². The molecule has 0 heterocycles. The van der Waals surface area contributed by atoms with Gasteiger partial charge in [0.15, 0.2) is 0 Å². The zero-order chi connectivity index (χ0) is 15.9. The van der Waals surface area contributed by atoms with Crippen molar-refractivity contribution in [2.75, 3.05) is 25.0 Å². The lowest BCUT2D eigenvalue weighted by Gasteiger charge is -2.19. The molecule has 0 aliphatic rings. The first-order valence-electron chi connectivity index (χ1n) is 7.48. The molecule has 2 rings (SSSR count). The van der Waals surface area contributed by atoms with E-state index in [1.807, 2.05) is 50.4 Å². The summed E-state index contributed by atoms with van der Waals surface area (Å²) >= 11 is 0. The second-order valence-corrected chi connectivity index (χ2v) is 5.22. The third-order valence-corrected chi connectivity index (χ3v) is 3.64. The van der Waals surface area contributed by atoms with Crippen LogP contribution in [0, 0.1) is 0 Å². The van der Waals surface area contributed by atoms with Crippen molar-refractivity contribution in [3.8, 4) is 5.75 Å². The number of carbonyl (C=O) groups excluding carboxylic acids is 1. The van der Waals surface area contributed by atoms with Gasteiger partial charge in [-0.05, 0) is 36.2 Å². The van der Waals surface area contributed by atoms with Crippen LogP contribution < -0.4 is 10.2 Å². The Bertz CT molecular complexity index is 626. The normalized spacial score (nSPS) is 10.3. The molecular formula is C18H22N2O2. The van der Waals surface area contributed by atoms with E-state index in [4.69, 9.17) is 0 Å². The number of nitrogens with zero attached hydrogens (tertiary/aromatic N) is 1. The Morgan fingerprint density at radius 3 is 2.59 bits per heavy atom. The average Bonchev–Trinajstić information content (AvgIpc) is 2.55. The minimum absolute atomic E-state index is 0.0195. The van der Waals surface area contributed by atoms with Crippen LogP contribution in [0.1, 0.15) is 22.8 Å². The van der Waals surface area contributed by atoms with Gasteiger partial charge in [-0.15, -0.1) is 0 Å². The minimum Gasteiger partial charge on any atom is -0.507 e. The number of aromatic hydroxyl groups is 1. The van der Waals surface area contributed by atoms with Crippen molar-refractivity contribution in [1.29, 1.82) is 0 Å². The summed E-state index contributed by atoms with van der Waals surface area (Å²) in [7, 11) is 1.98. The monoisotopic (exact) mass is 298 g/mol. The first kappa shape index (κ1) is 15.9. The molecule has 0 radical (unpaired) electrons. The smallest absolute Gasteiger partial charge is 0.255 e. The van der Waals surface area contributed by atoms with E-state index in [1.54, 1.807) is 12.1 Å². The lowest BCUT2D eigenvalue weighted by Crippen LogP contribution is -2.33. The highest BCUT2D eigenvalue weighted by Crippen LogP contribution is 2.18. The fraction of sp³-hybridized carbons (Fsp3) is 0.278. The largest absolute Gasteiger partial charge is 0.507 e. The number of hydrogen-bond donors (Lipinski definition) is 2. The van der Waals surface area contributed by atoms with E-state index in [0.717, 1.165) is 17.7 Å². The Hall–Kier alpha value is -2.49. The zero-order valence-electron chi connectivity index (χ0n) is 13.0. The zero-order valence-corrected chi connectivity index (χ0v) is 13.0. The fourth-order valence-electron chi connectivity index (χ4n) is 2.23. The number of aryl methyl sites for hydroxylation is 1. The van der Waals surface area contributed by atoms with E-state index in [1.165, 1.54) is 0 Å². The Kier molecular flexibility index (Phi) is 5.42. The highest BCUT2D eigenvalue weighted by atomic mass is 16.3. The fourth-order valence-corrected chi connectivity index (χ4v) is 2.23. The van der Waals surface area contributed by atoms with Gasteiger partial charge in [-0.2, -0.15) is 0 Å². The number of phenolic OH excluding ortho intramolecular Hbond substituents is 1. The number of para-hydroxylation sites is 1. The molecule has 116 valence electrons. The average molecular weight is 298 g/mol. The highest BCUT2D eigenvalue weighted by Gasteiger charge is 2.11. The van der Waals surface area contributed by atoms with Crippen LogP contribution in [-0.2, 0) is 6.42 Å². The highest BCUT2D eigenvalue weighted by molar-refractivity contribution is 5.97. The third-order valence-electron chi connectivity index (χ3n) is 3.64. The molecule has 0 saturated heterocycles. The summed E-state index contributed by atoms with van der Waals surface area (Å²) in [5.74, 6) is -0.222. The van der Waals surface area contributed by atoms with Crippen molar-refractivity contribution in [2.24, 2.45) is 0 Å². The Balaban J connectivity index is 1.90. The summed E-state index contributed by atoms with van der Waals surface area (Å²) in [6, 6.07) is 15.1. The van der Waals surface area contributed by atoms with Crippen molar-refractivity contribution in [2.45, 2.75) is 13.3 Å². The molecule has 0 spiro atoms. The molecule has 0 saturated carbocycles. The van der Waals surface area contributed by atoms with Crippen molar-refractivity contribution in [1.82, 2.24) is 5.32 Å². The second kappa shape index (κ2) is 7.50. The summed E-state index contributed by atoms with van der Waals surface area (Å²) in [5.41, 5.74) is 2.47. The maximum atomic E-state index is 12.2. The predicted octanol–water partition coefficient (Wildman–Crippen LogP) is 2.82. The number of likely N-dealkylation sites (N-methyl/N-ethyl adjacent to an activating group) is 1. The summed E-state index contributed by atoms with van der Waals surface area (Å²) in [5, 5.41) is 12.7. The van der Waals surface area contributed by atoms with Gasteiger partial charge >= 0.3 is 0 Å². The molecule has 0 unspecified atom stereocenters. The van der Waals surface area contributed by atoms with E-state index in [-0.39, 0.29) is 11.7 Å². The van der Waals surface area contributed by atoms with Crippen molar-refractivity contribution in [3.63, 3.8) is 0 Å². The Morgan fingerprint density at radius 1 is 1.18 bits per heavy atom. The van der Waals surface area contributed by atoms with Crippen LogP contribution in [0.25, 0.3) is 0 Å². The van der Waals surface area contributed by atoms with Crippen molar-refractivity contribution in [3.05, 3.63) is 59.7 Å². The quantitative estimate of drug-likeness (QED) is 0.862. The molecule has 4 nitrogen and oxygen atoms in total. The maximum Gasteiger partial charge on any atom is 0.255 e. The Labute approximate surface area is 131 Å². The van der Waals surface area contributed by atoms with E-state index in [0.29, 0.717) is 18.7 Å². The van der Waals surface area contributed by atoms with Crippen LogP contribution in [0.5, 0.6) is 5.75 Å². The number of hydrogen-bond acceptors (Lipinski definition) is 3.